The van der Waals surface area contributed by atoms with E-state index >= 15 is 0 Å². The largest absolute Gasteiger partial charge is 0.497 e. The Morgan fingerprint density at radius 2 is 1.97 bits per heavy atom. The second-order valence-corrected chi connectivity index (χ2v) is 8.56. The zero-order chi connectivity index (χ0) is 21.4. The van der Waals surface area contributed by atoms with Crippen LogP contribution in [0.2, 0.25) is 0 Å². The molecule has 1 amide bonds. The van der Waals surface area contributed by atoms with Crippen LogP contribution in [0.15, 0.2) is 56.1 Å². The smallest absolute Gasteiger partial charge is 0.290 e. The van der Waals surface area contributed by atoms with Gasteiger partial charge in [-0.1, -0.05) is 28.1 Å². The van der Waals surface area contributed by atoms with Gasteiger partial charge in [-0.05, 0) is 56.9 Å². The van der Waals surface area contributed by atoms with Gasteiger partial charge in [0.05, 0.1) is 24.1 Å². The molecule has 0 bridgehead atoms. The summed E-state index contributed by atoms with van der Waals surface area (Å²) in [6.45, 7) is 1.36. The Morgan fingerprint density at radius 1 is 1.17 bits per heavy atom. The third kappa shape index (κ3) is 3.63. The minimum absolute atomic E-state index is 0.121. The van der Waals surface area contributed by atoms with Gasteiger partial charge in [0.2, 0.25) is 5.76 Å². The predicted molar refractivity (Wildman–Crippen MR) is 119 cm³/mol. The first-order valence-corrected chi connectivity index (χ1v) is 10.6. The van der Waals surface area contributed by atoms with E-state index in [0.29, 0.717) is 28.8 Å². The first kappa shape index (κ1) is 20.6. The molecule has 0 saturated carbocycles. The molecule has 1 unspecified atom stereocenters. The van der Waals surface area contributed by atoms with Gasteiger partial charge in [0.25, 0.3) is 5.91 Å². The van der Waals surface area contributed by atoms with Crippen molar-refractivity contribution in [2.24, 2.45) is 0 Å². The summed E-state index contributed by atoms with van der Waals surface area (Å²) in [6, 6.07) is 12.3. The number of halogens is 1. The fourth-order valence-electron chi connectivity index (χ4n) is 3.94. The SMILES string of the molecule is COc1ccc2c(=O)c3c(oc2c1)C(=O)N(CCCN(C)C)C3c1cccc(Br)c1. The van der Waals surface area contributed by atoms with E-state index in [9.17, 15) is 9.59 Å². The van der Waals surface area contributed by atoms with Gasteiger partial charge in [0.1, 0.15) is 11.3 Å². The summed E-state index contributed by atoms with van der Waals surface area (Å²) in [5.74, 6) is 0.438. The minimum atomic E-state index is -0.477. The Hall–Kier alpha value is -2.64. The second kappa shape index (κ2) is 8.24. The van der Waals surface area contributed by atoms with Crippen LogP contribution >= 0.6 is 15.9 Å². The Balaban J connectivity index is 1.88. The molecule has 0 spiro atoms. The number of fused-ring (bicyclic) bond motifs is 2. The lowest BCUT2D eigenvalue weighted by Gasteiger charge is -2.26. The van der Waals surface area contributed by atoms with Gasteiger partial charge >= 0.3 is 0 Å². The lowest BCUT2D eigenvalue weighted by molar-refractivity contribution is 0.0722. The van der Waals surface area contributed by atoms with Crippen LogP contribution in [0, 0.1) is 0 Å². The van der Waals surface area contributed by atoms with Crippen LogP contribution in [-0.4, -0.2) is 50.0 Å². The van der Waals surface area contributed by atoms with Gasteiger partial charge in [-0.25, -0.2) is 0 Å². The predicted octanol–water partition coefficient (Wildman–Crippen LogP) is 4.06. The summed E-state index contributed by atoms with van der Waals surface area (Å²) in [5, 5.41) is 0.442. The summed E-state index contributed by atoms with van der Waals surface area (Å²) in [6.07, 6.45) is 0.790. The molecule has 156 valence electrons. The summed E-state index contributed by atoms with van der Waals surface area (Å²) in [7, 11) is 5.54. The maximum atomic E-state index is 13.5. The number of carbonyl (C=O) groups excluding carboxylic acids is 1. The first-order valence-electron chi connectivity index (χ1n) is 9.76. The number of carbonyl (C=O) groups is 1. The maximum absolute atomic E-state index is 13.5. The van der Waals surface area contributed by atoms with Crippen molar-refractivity contribution in [3.63, 3.8) is 0 Å². The molecule has 0 fully saturated rings. The average molecular weight is 471 g/mol. The van der Waals surface area contributed by atoms with Gasteiger partial charge in [-0.3, -0.25) is 9.59 Å². The van der Waals surface area contributed by atoms with Crippen molar-refractivity contribution in [3.05, 3.63) is 74.0 Å². The number of ether oxygens (including phenoxy) is 1. The van der Waals surface area contributed by atoms with Crippen LogP contribution in [0.25, 0.3) is 11.0 Å². The highest BCUT2D eigenvalue weighted by Crippen LogP contribution is 2.39. The van der Waals surface area contributed by atoms with Crippen molar-refractivity contribution in [3.8, 4) is 5.75 Å². The van der Waals surface area contributed by atoms with Crippen LogP contribution in [-0.2, 0) is 0 Å². The third-order valence-corrected chi connectivity index (χ3v) is 5.84. The van der Waals surface area contributed by atoms with E-state index in [2.05, 4.69) is 20.8 Å². The van der Waals surface area contributed by atoms with Crippen molar-refractivity contribution in [1.82, 2.24) is 9.80 Å². The van der Waals surface area contributed by atoms with Crippen molar-refractivity contribution in [2.45, 2.75) is 12.5 Å². The second-order valence-electron chi connectivity index (χ2n) is 7.65. The van der Waals surface area contributed by atoms with Crippen LogP contribution in [0.4, 0.5) is 0 Å². The number of amides is 1. The Labute approximate surface area is 183 Å². The van der Waals surface area contributed by atoms with E-state index in [1.165, 1.54) is 0 Å². The lowest BCUT2D eigenvalue weighted by Crippen LogP contribution is -2.32. The summed E-state index contributed by atoms with van der Waals surface area (Å²) < 4.78 is 12.1. The normalized spacial score (nSPS) is 15.8. The van der Waals surface area contributed by atoms with Gasteiger partial charge < -0.3 is 19.0 Å². The molecule has 1 aromatic heterocycles. The average Bonchev–Trinajstić information content (AvgIpc) is 3.00. The monoisotopic (exact) mass is 470 g/mol. The number of methoxy groups -OCH3 is 1. The van der Waals surface area contributed by atoms with Crippen molar-refractivity contribution in [1.29, 1.82) is 0 Å². The van der Waals surface area contributed by atoms with E-state index in [1.54, 1.807) is 30.2 Å². The number of hydrogen-bond acceptors (Lipinski definition) is 5. The van der Waals surface area contributed by atoms with E-state index in [1.807, 2.05) is 38.4 Å². The summed E-state index contributed by atoms with van der Waals surface area (Å²) in [5.41, 5.74) is 1.46. The molecular weight excluding hydrogens is 448 g/mol. The van der Waals surface area contributed by atoms with E-state index in [4.69, 9.17) is 9.15 Å². The highest BCUT2D eigenvalue weighted by atomic mass is 79.9. The van der Waals surface area contributed by atoms with Gasteiger partial charge in [0.15, 0.2) is 5.43 Å². The van der Waals surface area contributed by atoms with Crippen LogP contribution < -0.4 is 10.2 Å². The van der Waals surface area contributed by atoms with E-state index < -0.39 is 6.04 Å². The molecular formula is C23H23BrN2O4. The number of hydrogen-bond donors (Lipinski definition) is 0. The molecule has 0 N–H and O–H groups in total. The molecule has 30 heavy (non-hydrogen) atoms. The Bertz CT molecular complexity index is 1170. The highest BCUT2D eigenvalue weighted by Gasteiger charge is 2.42. The molecule has 2 heterocycles. The number of nitrogens with zero attached hydrogens (tertiary/aromatic N) is 2. The van der Waals surface area contributed by atoms with Crippen molar-refractivity contribution < 1.29 is 13.9 Å². The third-order valence-electron chi connectivity index (χ3n) is 5.34. The highest BCUT2D eigenvalue weighted by molar-refractivity contribution is 9.10. The Morgan fingerprint density at radius 3 is 2.67 bits per heavy atom. The molecule has 3 aromatic rings. The van der Waals surface area contributed by atoms with Gasteiger partial charge in [0, 0.05) is 17.1 Å². The molecule has 1 aliphatic rings. The Kier molecular flexibility index (Phi) is 5.66. The first-order chi connectivity index (χ1) is 14.4. The van der Waals surface area contributed by atoms with Crippen LogP contribution in [0.3, 0.4) is 0 Å². The number of benzene rings is 2. The maximum Gasteiger partial charge on any atom is 0.290 e. The molecule has 1 atom stereocenters. The van der Waals surface area contributed by atoms with Gasteiger partial charge in [-0.15, -0.1) is 0 Å². The lowest BCUT2D eigenvalue weighted by atomic mass is 9.98. The fraction of sp³-hybridized carbons (Fsp3) is 0.304. The van der Waals surface area contributed by atoms with E-state index in [-0.39, 0.29) is 17.1 Å². The van der Waals surface area contributed by atoms with Crippen molar-refractivity contribution in [2.75, 3.05) is 34.3 Å². The zero-order valence-electron chi connectivity index (χ0n) is 17.1. The minimum Gasteiger partial charge on any atom is -0.497 e. The summed E-state index contributed by atoms with van der Waals surface area (Å²) in [4.78, 5) is 30.6. The van der Waals surface area contributed by atoms with Crippen LogP contribution in [0.1, 0.15) is 34.1 Å². The fourth-order valence-corrected chi connectivity index (χ4v) is 4.35. The quantitative estimate of drug-likeness (QED) is 0.543. The van der Waals surface area contributed by atoms with Crippen molar-refractivity contribution >= 4 is 32.8 Å². The standard InChI is InChI=1S/C23H23BrN2O4/c1-25(2)10-5-11-26-20(14-6-4-7-15(24)12-14)19-21(27)17-9-8-16(29-3)13-18(17)30-22(19)23(26)28/h4,6-9,12-13,20H,5,10-11H2,1-3H3. The van der Waals surface area contributed by atoms with Gasteiger partial charge in [-0.2, -0.15) is 0 Å². The molecule has 7 heteroatoms. The summed E-state index contributed by atoms with van der Waals surface area (Å²) >= 11 is 3.50. The molecule has 0 radical (unpaired) electrons. The molecule has 1 aliphatic heterocycles. The molecule has 4 rings (SSSR count). The topological polar surface area (TPSA) is 63.0 Å². The number of rotatable bonds is 6. The van der Waals surface area contributed by atoms with Crippen LogP contribution in [0.5, 0.6) is 5.75 Å². The van der Waals surface area contributed by atoms with E-state index in [0.717, 1.165) is 23.0 Å². The molecule has 2 aromatic carbocycles. The molecule has 6 nitrogen and oxygen atoms in total. The molecule has 0 aliphatic carbocycles. The molecule has 0 saturated heterocycles. The zero-order valence-corrected chi connectivity index (χ0v) is 18.7.